The number of aliphatic hydroxyl groups is 1. The van der Waals surface area contributed by atoms with Crippen molar-refractivity contribution in [3.63, 3.8) is 0 Å². The molecule has 0 fully saturated rings. The number of carbonyl (C=O) groups excluding carboxylic acids is 1. The Balaban J connectivity index is 2.40. The number of amides is 1. The molecule has 1 amide bonds. The van der Waals surface area contributed by atoms with Crippen LogP contribution < -0.4 is 5.32 Å². The third-order valence-corrected chi connectivity index (χ3v) is 1.30. The Morgan fingerprint density at radius 3 is 3.17 bits per heavy atom. The molecule has 0 saturated heterocycles. The summed E-state index contributed by atoms with van der Waals surface area (Å²) in [6.07, 6.45) is 2.33. The van der Waals surface area contributed by atoms with E-state index in [2.05, 4.69) is 15.3 Å². The van der Waals surface area contributed by atoms with Crippen LogP contribution in [-0.4, -0.2) is 33.6 Å². The van der Waals surface area contributed by atoms with Crippen molar-refractivity contribution >= 4 is 5.91 Å². The number of nitrogens with zero attached hydrogens (tertiary/aromatic N) is 1. The lowest BCUT2D eigenvalue weighted by Gasteiger charge is -2.04. The molecule has 0 spiro atoms. The molecule has 1 heterocycles. The zero-order valence-electron chi connectivity index (χ0n) is 6.74. The van der Waals surface area contributed by atoms with Gasteiger partial charge in [0.05, 0.1) is 18.6 Å². The maximum absolute atomic E-state index is 11.1. The number of hydrogen-bond donors (Lipinski definition) is 3. The van der Waals surface area contributed by atoms with Gasteiger partial charge in [-0.05, 0) is 6.92 Å². The highest BCUT2D eigenvalue weighted by molar-refractivity contribution is 5.91. The summed E-state index contributed by atoms with van der Waals surface area (Å²) in [6, 6.07) is 0. The van der Waals surface area contributed by atoms with Gasteiger partial charge < -0.3 is 15.4 Å². The Bertz CT molecular complexity index is 243. The van der Waals surface area contributed by atoms with Gasteiger partial charge in [0.1, 0.15) is 5.69 Å². The molecule has 12 heavy (non-hydrogen) atoms. The van der Waals surface area contributed by atoms with Gasteiger partial charge in [-0.15, -0.1) is 0 Å². The topological polar surface area (TPSA) is 78.0 Å². The van der Waals surface area contributed by atoms with Crippen LogP contribution in [0.15, 0.2) is 12.5 Å². The van der Waals surface area contributed by atoms with Crippen LogP contribution in [0.5, 0.6) is 0 Å². The van der Waals surface area contributed by atoms with E-state index < -0.39 is 6.10 Å². The van der Waals surface area contributed by atoms with Crippen LogP contribution in [0.4, 0.5) is 0 Å². The number of hydrogen-bond acceptors (Lipinski definition) is 3. The molecule has 5 heteroatoms. The third kappa shape index (κ3) is 2.35. The molecule has 1 atom stereocenters. The summed E-state index contributed by atoms with van der Waals surface area (Å²) >= 11 is 0. The number of nitrogens with one attached hydrogen (secondary N) is 2. The Morgan fingerprint density at radius 2 is 2.67 bits per heavy atom. The van der Waals surface area contributed by atoms with E-state index in [1.807, 2.05) is 0 Å². The third-order valence-electron chi connectivity index (χ3n) is 1.30. The highest BCUT2D eigenvalue weighted by Gasteiger charge is 2.06. The summed E-state index contributed by atoms with van der Waals surface area (Å²) < 4.78 is 0. The average molecular weight is 169 g/mol. The van der Waals surface area contributed by atoms with Crippen LogP contribution in [-0.2, 0) is 0 Å². The summed E-state index contributed by atoms with van der Waals surface area (Å²) in [6.45, 7) is 1.85. The van der Waals surface area contributed by atoms with E-state index in [1.165, 1.54) is 12.5 Å². The van der Waals surface area contributed by atoms with E-state index in [4.69, 9.17) is 5.11 Å². The van der Waals surface area contributed by atoms with Crippen LogP contribution in [0.1, 0.15) is 17.4 Å². The number of H-pyrrole nitrogens is 1. The van der Waals surface area contributed by atoms with Gasteiger partial charge in [-0.25, -0.2) is 4.98 Å². The normalized spacial score (nSPS) is 12.5. The first-order valence-electron chi connectivity index (χ1n) is 3.65. The molecule has 0 aromatic carbocycles. The molecular formula is C7H11N3O2. The van der Waals surface area contributed by atoms with Gasteiger partial charge in [-0.2, -0.15) is 0 Å². The first kappa shape index (κ1) is 8.73. The quantitative estimate of drug-likeness (QED) is 0.572. The Kier molecular flexibility index (Phi) is 2.82. The lowest BCUT2D eigenvalue weighted by Crippen LogP contribution is -2.30. The monoisotopic (exact) mass is 169 g/mol. The van der Waals surface area contributed by atoms with E-state index in [0.29, 0.717) is 5.69 Å². The van der Waals surface area contributed by atoms with Crippen LogP contribution in [0.2, 0.25) is 0 Å². The van der Waals surface area contributed by atoms with E-state index >= 15 is 0 Å². The van der Waals surface area contributed by atoms with Crippen LogP contribution >= 0.6 is 0 Å². The molecule has 66 valence electrons. The van der Waals surface area contributed by atoms with Gasteiger partial charge in [0.15, 0.2) is 0 Å². The number of aliphatic hydroxyl groups excluding tert-OH is 1. The summed E-state index contributed by atoms with van der Waals surface area (Å²) in [4.78, 5) is 17.5. The SMILES string of the molecule is C[C@@H](O)CNC(=O)c1cnc[nH]1. The minimum atomic E-state index is -0.531. The van der Waals surface area contributed by atoms with Gasteiger partial charge in [-0.3, -0.25) is 4.79 Å². The van der Waals surface area contributed by atoms with Crippen LogP contribution in [0, 0.1) is 0 Å². The van der Waals surface area contributed by atoms with Gasteiger partial charge in [0.25, 0.3) is 5.91 Å². The predicted molar refractivity (Wildman–Crippen MR) is 42.6 cm³/mol. The van der Waals surface area contributed by atoms with Gasteiger partial charge in [-0.1, -0.05) is 0 Å². The molecule has 0 aliphatic heterocycles. The van der Waals surface area contributed by atoms with Crippen molar-refractivity contribution in [3.8, 4) is 0 Å². The molecular weight excluding hydrogens is 158 g/mol. The predicted octanol–water partition coefficient (Wildman–Crippen LogP) is -0.480. The molecule has 0 aliphatic carbocycles. The van der Waals surface area contributed by atoms with Gasteiger partial charge >= 0.3 is 0 Å². The number of aromatic amines is 1. The largest absolute Gasteiger partial charge is 0.392 e. The molecule has 0 unspecified atom stereocenters. The maximum atomic E-state index is 11.1. The van der Waals surface area contributed by atoms with Crippen molar-refractivity contribution < 1.29 is 9.90 Å². The van der Waals surface area contributed by atoms with Crippen molar-refractivity contribution in [3.05, 3.63) is 18.2 Å². The van der Waals surface area contributed by atoms with Crippen LogP contribution in [0.3, 0.4) is 0 Å². The Morgan fingerprint density at radius 1 is 1.92 bits per heavy atom. The summed E-state index contributed by atoms with van der Waals surface area (Å²) in [7, 11) is 0. The number of carbonyl (C=O) groups is 1. The van der Waals surface area contributed by atoms with E-state index in [1.54, 1.807) is 6.92 Å². The first-order chi connectivity index (χ1) is 5.70. The molecule has 0 bridgehead atoms. The molecule has 0 aliphatic rings. The summed E-state index contributed by atoms with van der Waals surface area (Å²) in [5.41, 5.74) is 0.399. The number of aromatic nitrogens is 2. The fourth-order valence-electron chi connectivity index (χ4n) is 0.716. The highest BCUT2D eigenvalue weighted by atomic mass is 16.3. The van der Waals surface area contributed by atoms with Gasteiger partial charge in [0.2, 0.25) is 0 Å². The maximum Gasteiger partial charge on any atom is 0.269 e. The van der Waals surface area contributed by atoms with Crippen molar-refractivity contribution in [2.24, 2.45) is 0 Å². The fourth-order valence-corrected chi connectivity index (χ4v) is 0.716. The van der Waals surface area contributed by atoms with Crippen molar-refractivity contribution in [2.75, 3.05) is 6.54 Å². The van der Waals surface area contributed by atoms with Crippen molar-refractivity contribution in [2.45, 2.75) is 13.0 Å². The fraction of sp³-hybridized carbons (Fsp3) is 0.429. The molecule has 3 N–H and O–H groups in total. The van der Waals surface area contributed by atoms with Crippen molar-refractivity contribution in [1.29, 1.82) is 0 Å². The lowest BCUT2D eigenvalue weighted by atomic mass is 10.4. The average Bonchev–Trinajstić information content (AvgIpc) is 2.51. The standard InChI is InChI=1S/C7H11N3O2/c1-5(11)2-9-7(12)6-3-8-4-10-6/h3-5,11H,2H2,1H3,(H,8,10)(H,9,12)/t5-/m1/s1. The minimum Gasteiger partial charge on any atom is -0.392 e. The van der Waals surface area contributed by atoms with Crippen molar-refractivity contribution in [1.82, 2.24) is 15.3 Å². The number of rotatable bonds is 3. The Labute approximate surface area is 69.8 Å². The number of imidazole rings is 1. The minimum absolute atomic E-state index is 0.248. The van der Waals surface area contributed by atoms with Gasteiger partial charge in [0, 0.05) is 6.54 Å². The lowest BCUT2D eigenvalue weighted by molar-refractivity contribution is 0.0919. The molecule has 0 saturated carbocycles. The summed E-state index contributed by atoms with van der Waals surface area (Å²) in [5, 5.41) is 11.4. The zero-order valence-corrected chi connectivity index (χ0v) is 6.74. The summed E-state index contributed by atoms with van der Waals surface area (Å²) in [5.74, 6) is -0.256. The van der Waals surface area contributed by atoms with Crippen LogP contribution in [0.25, 0.3) is 0 Å². The molecule has 5 nitrogen and oxygen atoms in total. The molecule has 1 rings (SSSR count). The zero-order chi connectivity index (χ0) is 8.97. The van der Waals surface area contributed by atoms with E-state index in [-0.39, 0.29) is 12.5 Å². The second-order valence-electron chi connectivity index (χ2n) is 2.52. The molecule has 0 radical (unpaired) electrons. The second-order valence-corrected chi connectivity index (χ2v) is 2.52. The van der Waals surface area contributed by atoms with E-state index in [9.17, 15) is 4.79 Å². The molecule has 1 aromatic rings. The molecule has 1 aromatic heterocycles. The Hall–Kier alpha value is -1.36. The highest BCUT2D eigenvalue weighted by Crippen LogP contribution is 1.89. The second kappa shape index (κ2) is 3.87. The first-order valence-corrected chi connectivity index (χ1v) is 3.65. The van der Waals surface area contributed by atoms with E-state index in [0.717, 1.165) is 0 Å². The smallest absolute Gasteiger partial charge is 0.269 e.